The molecule has 0 spiro atoms. The van der Waals surface area contributed by atoms with Gasteiger partial charge < -0.3 is 0 Å². The Kier molecular flexibility index (Phi) is 5.70. The highest BCUT2D eigenvalue weighted by Gasteiger charge is 2.41. The number of rotatable bonds is 3. The maximum atomic E-state index is 4.08. The summed E-state index contributed by atoms with van der Waals surface area (Å²) in [6.07, 6.45) is 6.75. The van der Waals surface area contributed by atoms with Crippen LogP contribution in [0.5, 0.6) is 0 Å². The van der Waals surface area contributed by atoms with Gasteiger partial charge in [-0.2, -0.15) is 0 Å². The maximum absolute atomic E-state index is 4.08. The van der Waals surface area contributed by atoms with Crippen molar-refractivity contribution in [1.29, 1.82) is 0 Å². The minimum absolute atomic E-state index is 0.306. The maximum Gasteiger partial charge on any atom is 0.0867 e. The molecular formula is C28H42Si2. The van der Waals surface area contributed by atoms with Crippen molar-refractivity contribution in [3.63, 3.8) is 0 Å². The minimum atomic E-state index is -1.70. The van der Waals surface area contributed by atoms with Crippen molar-refractivity contribution in [3.05, 3.63) is 53.6 Å². The van der Waals surface area contributed by atoms with Crippen molar-refractivity contribution in [3.8, 4) is 0 Å². The van der Waals surface area contributed by atoms with E-state index in [4.69, 9.17) is 0 Å². The van der Waals surface area contributed by atoms with Gasteiger partial charge in [-0.15, -0.1) is 0 Å². The first kappa shape index (κ1) is 23.3. The van der Waals surface area contributed by atoms with Gasteiger partial charge in [-0.1, -0.05) is 121 Å². The zero-order valence-electron chi connectivity index (χ0n) is 21.1. The van der Waals surface area contributed by atoms with Crippen LogP contribution in [-0.4, -0.2) is 16.1 Å². The Morgan fingerprint density at radius 3 is 1.83 bits per heavy atom. The lowest BCUT2D eigenvalue weighted by Crippen LogP contribution is -2.53. The van der Waals surface area contributed by atoms with Crippen LogP contribution in [0.2, 0.25) is 36.3 Å². The van der Waals surface area contributed by atoms with Crippen molar-refractivity contribution in [1.82, 2.24) is 0 Å². The summed E-state index contributed by atoms with van der Waals surface area (Å²) in [6.45, 7) is 28.9. The van der Waals surface area contributed by atoms with Gasteiger partial charge in [-0.25, -0.2) is 0 Å². The lowest BCUT2D eigenvalue weighted by Gasteiger charge is -2.41. The molecule has 0 saturated carbocycles. The van der Waals surface area contributed by atoms with Crippen LogP contribution in [-0.2, 0) is 6.42 Å². The molecule has 1 aliphatic carbocycles. The Hall–Kier alpha value is -1.39. The van der Waals surface area contributed by atoms with Gasteiger partial charge in [0.1, 0.15) is 0 Å². The molecule has 0 fully saturated rings. The van der Waals surface area contributed by atoms with E-state index in [2.05, 4.69) is 111 Å². The van der Waals surface area contributed by atoms with Gasteiger partial charge in [0.15, 0.2) is 0 Å². The number of hydrogen-bond acceptors (Lipinski definition) is 0. The van der Waals surface area contributed by atoms with Crippen LogP contribution in [0.4, 0.5) is 0 Å². The van der Waals surface area contributed by atoms with E-state index in [1.54, 1.807) is 15.8 Å². The van der Waals surface area contributed by atoms with Gasteiger partial charge in [0.2, 0.25) is 0 Å². The van der Waals surface area contributed by atoms with Crippen LogP contribution in [0.15, 0.2) is 42.5 Å². The summed E-state index contributed by atoms with van der Waals surface area (Å²) >= 11 is 0. The molecule has 0 radical (unpaired) electrons. The third kappa shape index (κ3) is 3.60. The lowest BCUT2D eigenvalue weighted by atomic mass is 9.88. The summed E-state index contributed by atoms with van der Waals surface area (Å²) in [4.78, 5) is 0. The molecule has 0 heterocycles. The van der Waals surface area contributed by atoms with Crippen LogP contribution in [0, 0.1) is 0 Å². The van der Waals surface area contributed by atoms with Crippen LogP contribution in [0.25, 0.3) is 16.8 Å². The predicted octanol–water partition coefficient (Wildman–Crippen LogP) is 7.79. The van der Waals surface area contributed by atoms with Gasteiger partial charge in [-0.3, -0.25) is 0 Å². The van der Waals surface area contributed by atoms with Gasteiger partial charge in [0, 0.05) is 0 Å². The summed E-state index contributed by atoms with van der Waals surface area (Å²) in [5, 5.41) is 6.95. The average molecular weight is 435 g/mol. The highest BCUT2D eigenvalue weighted by atomic mass is 28.3. The molecule has 2 aromatic rings. The Balaban J connectivity index is 2.50. The van der Waals surface area contributed by atoms with Gasteiger partial charge >= 0.3 is 0 Å². The molecule has 30 heavy (non-hydrogen) atoms. The molecule has 0 bridgehead atoms. The van der Waals surface area contributed by atoms with E-state index in [-0.39, 0.29) is 0 Å². The van der Waals surface area contributed by atoms with Crippen LogP contribution in [0.3, 0.4) is 0 Å². The zero-order chi connectivity index (χ0) is 22.7. The largest absolute Gasteiger partial charge is 0.0988 e. The lowest BCUT2D eigenvalue weighted by molar-refractivity contribution is 0.729. The predicted molar refractivity (Wildman–Crippen MR) is 144 cm³/mol. The summed E-state index contributed by atoms with van der Waals surface area (Å²) in [5.41, 5.74) is 4.38. The molecule has 162 valence electrons. The number of hydrogen-bond donors (Lipinski definition) is 0. The number of fused-ring (bicyclic) bond motifs is 3. The first-order valence-electron chi connectivity index (χ1n) is 11.6. The molecule has 0 amide bonds. The standard InChI is InChI=1S/C28H42Si2/c1-12-20-13-14-21-15-16-22-24(29(8,9)27(2,3)4)17-18-25(26(22)23(21)19-20)30(10,11)28(5,6)7/h12,15-19H,1,13-14H2,2-11H3. The van der Waals surface area contributed by atoms with E-state index in [1.165, 1.54) is 22.1 Å². The normalized spacial score (nSPS) is 15.7. The minimum Gasteiger partial charge on any atom is -0.0988 e. The first-order chi connectivity index (χ1) is 13.6. The van der Waals surface area contributed by atoms with E-state index in [1.807, 2.05) is 0 Å². The fourth-order valence-corrected chi connectivity index (χ4v) is 8.86. The summed E-state index contributed by atoms with van der Waals surface area (Å²) in [7, 11) is -3.37. The van der Waals surface area contributed by atoms with Gasteiger partial charge in [-0.05, 0) is 50.4 Å². The second-order valence-electron chi connectivity index (χ2n) is 12.4. The average Bonchev–Trinajstić information content (AvgIpc) is 2.64. The molecule has 2 aromatic carbocycles. The highest BCUT2D eigenvalue weighted by Crippen LogP contribution is 2.41. The molecule has 0 unspecified atom stereocenters. The van der Waals surface area contributed by atoms with Crippen molar-refractivity contribution < 1.29 is 0 Å². The van der Waals surface area contributed by atoms with Crippen molar-refractivity contribution in [2.75, 3.05) is 0 Å². The molecule has 0 aromatic heterocycles. The second-order valence-corrected chi connectivity index (χ2v) is 23.0. The Morgan fingerprint density at radius 1 is 0.767 bits per heavy atom. The van der Waals surface area contributed by atoms with Crippen LogP contribution < -0.4 is 10.4 Å². The molecule has 0 saturated heterocycles. The molecule has 0 atom stereocenters. The SMILES string of the molecule is C=CC1=Cc2c(ccc3c([Si](C)(C)C(C)(C)C)ccc([Si](C)(C)C(C)(C)C)c23)CC1. The topological polar surface area (TPSA) is 0 Å². The molecule has 0 N–H and O–H groups in total. The third-order valence-electron chi connectivity index (χ3n) is 8.68. The summed E-state index contributed by atoms with van der Waals surface area (Å²) < 4.78 is 0. The molecule has 0 nitrogen and oxygen atoms in total. The van der Waals surface area contributed by atoms with Crippen molar-refractivity contribution >= 4 is 43.4 Å². The van der Waals surface area contributed by atoms with E-state index < -0.39 is 16.1 Å². The van der Waals surface area contributed by atoms with E-state index in [0.717, 1.165) is 12.8 Å². The van der Waals surface area contributed by atoms with Crippen LogP contribution in [0.1, 0.15) is 59.1 Å². The zero-order valence-corrected chi connectivity index (χ0v) is 23.1. The Morgan fingerprint density at radius 2 is 1.30 bits per heavy atom. The van der Waals surface area contributed by atoms with Crippen LogP contribution >= 0.6 is 0 Å². The number of benzene rings is 2. The van der Waals surface area contributed by atoms with E-state index in [9.17, 15) is 0 Å². The van der Waals surface area contributed by atoms with Gasteiger partial charge in [0.25, 0.3) is 0 Å². The smallest absolute Gasteiger partial charge is 0.0867 e. The fraction of sp³-hybridized carbons (Fsp3) is 0.500. The van der Waals surface area contributed by atoms with Crippen molar-refractivity contribution in [2.24, 2.45) is 0 Å². The number of allylic oxidation sites excluding steroid dienone is 2. The van der Waals surface area contributed by atoms with E-state index in [0.29, 0.717) is 10.1 Å². The highest BCUT2D eigenvalue weighted by molar-refractivity contribution is 6.96. The monoisotopic (exact) mass is 434 g/mol. The Labute approximate surface area is 187 Å². The Bertz CT molecular complexity index is 1020. The van der Waals surface area contributed by atoms with Gasteiger partial charge in [0.05, 0.1) is 16.1 Å². The first-order valence-corrected chi connectivity index (χ1v) is 17.6. The molecule has 0 aliphatic heterocycles. The third-order valence-corrected chi connectivity index (χ3v) is 19.7. The second kappa shape index (κ2) is 7.34. The molecule has 3 rings (SSSR count). The number of aryl methyl sites for hydroxylation is 1. The fourth-order valence-electron chi connectivity index (χ4n) is 4.47. The quantitative estimate of drug-likeness (QED) is 0.432. The summed E-state index contributed by atoms with van der Waals surface area (Å²) in [6, 6.07) is 9.93. The molecular weight excluding hydrogens is 392 g/mol. The molecule has 1 aliphatic rings. The summed E-state index contributed by atoms with van der Waals surface area (Å²) in [5.74, 6) is 0. The van der Waals surface area contributed by atoms with E-state index >= 15 is 0 Å². The molecule has 2 heteroatoms. The van der Waals surface area contributed by atoms with Crippen molar-refractivity contribution in [2.45, 2.75) is 90.6 Å².